The van der Waals surface area contributed by atoms with Crippen molar-refractivity contribution in [1.82, 2.24) is 5.32 Å². The Labute approximate surface area is 135 Å². The summed E-state index contributed by atoms with van der Waals surface area (Å²) in [6.45, 7) is 0. The zero-order chi connectivity index (χ0) is 16.7. The molecular weight excluding hydrogens is 292 g/mol. The van der Waals surface area contributed by atoms with Gasteiger partial charge in [0.15, 0.2) is 0 Å². The fraction of sp³-hybridized carbons (Fsp3) is 0.222. The molecule has 0 aliphatic heterocycles. The van der Waals surface area contributed by atoms with Crippen molar-refractivity contribution < 1.29 is 14.3 Å². The molecule has 0 heterocycles. The van der Waals surface area contributed by atoms with Gasteiger partial charge in [-0.3, -0.25) is 9.59 Å². The van der Waals surface area contributed by atoms with E-state index >= 15 is 0 Å². The summed E-state index contributed by atoms with van der Waals surface area (Å²) in [6, 6.07) is 15.9. The number of hydrogen-bond acceptors (Lipinski definition) is 3. The van der Waals surface area contributed by atoms with Crippen LogP contribution in [0.1, 0.15) is 11.1 Å². The number of carbonyl (C=O) groups excluding carboxylic acids is 2. The smallest absolute Gasteiger partial charge is 0.240 e. The van der Waals surface area contributed by atoms with Crippen molar-refractivity contribution >= 4 is 11.8 Å². The number of methoxy groups -OCH3 is 1. The normalized spacial score (nSPS) is 11.5. The third-order valence-corrected chi connectivity index (χ3v) is 3.46. The first-order valence-electron chi connectivity index (χ1n) is 7.34. The lowest BCUT2D eigenvalue weighted by Gasteiger charge is -2.16. The summed E-state index contributed by atoms with van der Waals surface area (Å²) in [7, 11) is 1.58. The summed E-state index contributed by atoms with van der Waals surface area (Å²) in [4.78, 5) is 23.7. The highest BCUT2D eigenvalue weighted by molar-refractivity contribution is 5.87. The number of amides is 2. The van der Waals surface area contributed by atoms with Crippen molar-refractivity contribution in [2.45, 2.75) is 18.9 Å². The van der Waals surface area contributed by atoms with Crippen LogP contribution in [-0.4, -0.2) is 25.0 Å². The average Bonchev–Trinajstić information content (AvgIpc) is 2.55. The van der Waals surface area contributed by atoms with Crippen molar-refractivity contribution in [3.63, 3.8) is 0 Å². The van der Waals surface area contributed by atoms with E-state index in [0.717, 1.165) is 11.1 Å². The maximum atomic E-state index is 12.1. The molecule has 0 bridgehead atoms. The van der Waals surface area contributed by atoms with Crippen LogP contribution in [0.15, 0.2) is 54.6 Å². The molecule has 0 aliphatic carbocycles. The van der Waals surface area contributed by atoms with E-state index in [9.17, 15) is 9.59 Å². The zero-order valence-electron chi connectivity index (χ0n) is 13.0. The molecule has 1 atom stereocenters. The van der Waals surface area contributed by atoms with Crippen LogP contribution in [0.4, 0.5) is 0 Å². The van der Waals surface area contributed by atoms with Crippen LogP contribution in [0.5, 0.6) is 5.75 Å². The summed E-state index contributed by atoms with van der Waals surface area (Å²) in [6.07, 6.45) is 0.537. The predicted octanol–water partition coefficient (Wildman–Crippen LogP) is 1.45. The van der Waals surface area contributed by atoms with Crippen molar-refractivity contribution in [1.29, 1.82) is 0 Å². The van der Waals surface area contributed by atoms with Crippen molar-refractivity contribution in [3.05, 3.63) is 65.7 Å². The molecule has 23 heavy (non-hydrogen) atoms. The van der Waals surface area contributed by atoms with Gasteiger partial charge in [0.25, 0.3) is 0 Å². The second kappa shape index (κ2) is 7.98. The van der Waals surface area contributed by atoms with E-state index in [-0.39, 0.29) is 12.3 Å². The first-order chi connectivity index (χ1) is 11.1. The molecular formula is C18H20N2O3. The minimum atomic E-state index is -0.752. The molecule has 120 valence electrons. The number of nitrogens with one attached hydrogen (secondary N) is 1. The minimum absolute atomic E-state index is 0.211. The lowest BCUT2D eigenvalue weighted by molar-refractivity contribution is -0.127. The Kier molecular flexibility index (Phi) is 5.74. The molecule has 0 unspecified atom stereocenters. The maximum absolute atomic E-state index is 12.1. The molecule has 0 spiro atoms. The van der Waals surface area contributed by atoms with Gasteiger partial charge < -0.3 is 15.8 Å². The van der Waals surface area contributed by atoms with Gasteiger partial charge >= 0.3 is 0 Å². The van der Waals surface area contributed by atoms with Gasteiger partial charge in [-0.15, -0.1) is 0 Å². The van der Waals surface area contributed by atoms with Gasteiger partial charge in [-0.05, 0) is 23.3 Å². The van der Waals surface area contributed by atoms with E-state index < -0.39 is 11.9 Å². The fourth-order valence-electron chi connectivity index (χ4n) is 2.28. The molecule has 2 aromatic rings. The van der Waals surface area contributed by atoms with E-state index in [1.54, 1.807) is 7.11 Å². The number of nitrogens with two attached hydrogens (primary N) is 1. The summed E-state index contributed by atoms with van der Waals surface area (Å²) < 4.78 is 5.15. The third kappa shape index (κ3) is 5.14. The molecule has 0 saturated carbocycles. The van der Waals surface area contributed by atoms with Crippen LogP contribution < -0.4 is 15.8 Å². The number of hydrogen-bond donors (Lipinski definition) is 2. The summed E-state index contributed by atoms with van der Waals surface area (Å²) >= 11 is 0. The van der Waals surface area contributed by atoms with E-state index in [0.29, 0.717) is 12.2 Å². The number of benzene rings is 2. The standard InChI is InChI=1S/C18H20N2O3/c1-23-15-9-5-8-14(10-15)11-16(18(19)22)20-17(21)12-13-6-3-2-4-7-13/h2-10,16H,11-12H2,1H3,(H2,19,22)(H,20,21)/t16-/m0/s1. The molecule has 0 aromatic heterocycles. The minimum Gasteiger partial charge on any atom is -0.497 e. The maximum Gasteiger partial charge on any atom is 0.240 e. The van der Waals surface area contributed by atoms with Gasteiger partial charge in [-0.2, -0.15) is 0 Å². The van der Waals surface area contributed by atoms with Crippen LogP contribution >= 0.6 is 0 Å². The molecule has 2 aromatic carbocycles. The summed E-state index contributed by atoms with van der Waals surface area (Å²) in [5.74, 6) is -0.0986. The first kappa shape index (κ1) is 16.5. The van der Waals surface area contributed by atoms with Gasteiger partial charge in [0.2, 0.25) is 11.8 Å². The van der Waals surface area contributed by atoms with Gasteiger partial charge in [-0.1, -0.05) is 42.5 Å². The largest absolute Gasteiger partial charge is 0.497 e. The molecule has 5 heteroatoms. The van der Waals surface area contributed by atoms with Crippen molar-refractivity contribution in [3.8, 4) is 5.75 Å². The molecule has 0 aliphatic rings. The molecule has 2 rings (SSSR count). The summed E-state index contributed by atoms with van der Waals surface area (Å²) in [5, 5.41) is 2.70. The van der Waals surface area contributed by atoms with Gasteiger partial charge in [0.05, 0.1) is 13.5 Å². The number of ether oxygens (including phenoxy) is 1. The Morgan fingerprint density at radius 1 is 1.09 bits per heavy atom. The highest BCUT2D eigenvalue weighted by Gasteiger charge is 2.19. The predicted molar refractivity (Wildman–Crippen MR) is 88.0 cm³/mol. The molecule has 0 saturated heterocycles. The third-order valence-electron chi connectivity index (χ3n) is 3.46. The van der Waals surface area contributed by atoms with Crippen LogP contribution in [0.2, 0.25) is 0 Å². The van der Waals surface area contributed by atoms with Crippen molar-refractivity contribution in [2.75, 3.05) is 7.11 Å². The molecule has 3 N–H and O–H groups in total. The quantitative estimate of drug-likeness (QED) is 0.812. The monoisotopic (exact) mass is 312 g/mol. The topological polar surface area (TPSA) is 81.4 Å². The van der Waals surface area contributed by atoms with Crippen LogP contribution in [0, 0.1) is 0 Å². The molecule has 0 fully saturated rings. The Hall–Kier alpha value is -2.82. The second-order valence-electron chi connectivity index (χ2n) is 5.24. The number of primary amides is 1. The lowest BCUT2D eigenvalue weighted by atomic mass is 10.0. The molecule has 5 nitrogen and oxygen atoms in total. The first-order valence-corrected chi connectivity index (χ1v) is 7.34. The Morgan fingerprint density at radius 3 is 2.43 bits per heavy atom. The van der Waals surface area contributed by atoms with Crippen molar-refractivity contribution in [2.24, 2.45) is 5.73 Å². The Morgan fingerprint density at radius 2 is 1.78 bits per heavy atom. The van der Waals surface area contributed by atoms with Crippen LogP contribution in [0.3, 0.4) is 0 Å². The molecule has 2 amide bonds. The van der Waals surface area contributed by atoms with Crippen LogP contribution in [0.25, 0.3) is 0 Å². The second-order valence-corrected chi connectivity index (χ2v) is 5.24. The average molecular weight is 312 g/mol. The lowest BCUT2D eigenvalue weighted by Crippen LogP contribution is -2.46. The van der Waals surface area contributed by atoms with Gasteiger partial charge in [-0.25, -0.2) is 0 Å². The van der Waals surface area contributed by atoms with E-state index in [1.165, 1.54) is 0 Å². The highest BCUT2D eigenvalue weighted by atomic mass is 16.5. The molecule has 0 radical (unpaired) electrons. The van der Waals surface area contributed by atoms with Gasteiger partial charge in [0, 0.05) is 6.42 Å². The SMILES string of the molecule is COc1cccc(C[C@H](NC(=O)Cc2ccccc2)C(N)=O)c1. The van der Waals surface area contributed by atoms with Gasteiger partial charge in [0.1, 0.15) is 11.8 Å². The zero-order valence-corrected chi connectivity index (χ0v) is 13.0. The number of rotatable bonds is 7. The fourth-order valence-corrected chi connectivity index (χ4v) is 2.28. The van der Waals surface area contributed by atoms with E-state index in [2.05, 4.69) is 5.32 Å². The Bertz CT molecular complexity index is 671. The Balaban J connectivity index is 2.00. The number of carbonyl (C=O) groups is 2. The van der Waals surface area contributed by atoms with E-state index in [4.69, 9.17) is 10.5 Å². The summed E-state index contributed by atoms with van der Waals surface area (Å²) in [5.41, 5.74) is 7.16. The highest BCUT2D eigenvalue weighted by Crippen LogP contribution is 2.14. The van der Waals surface area contributed by atoms with Crippen LogP contribution in [-0.2, 0) is 22.4 Å². The van der Waals surface area contributed by atoms with E-state index in [1.807, 2.05) is 54.6 Å².